The molecule has 0 radical (unpaired) electrons. The number of likely N-dealkylation sites (N-methyl/N-ethyl adjacent to an activating group) is 1. The van der Waals surface area contributed by atoms with Crippen molar-refractivity contribution in [1.82, 2.24) is 24.2 Å². The van der Waals surface area contributed by atoms with Crippen LogP contribution in [0.1, 0.15) is 12.5 Å². The van der Waals surface area contributed by atoms with Crippen LogP contribution in [0.2, 0.25) is 0 Å². The van der Waals surface area contributed by atoms with Crippen LogP contribution < -0.4 is 15.3 Å². The highest BCUT2D eigenvalue weighted by atomic mass is 19.1. The van der Waals surface area contributed by atoms with E-state index in [4.69, 9.17) is 4.74 Å². The summed E-state index contributed by atoms with van der Waals surface area (Å²) >= 11 is 0. The van der Waals surface area contributed by atoms with Gasteiger partial charge in [0.2, 0.25) is 0 Å². The molecule has 0 saturated carbocycles. The minimum Gasteiger partial charge on any atom is -0.451 e. The maximum absolute atomic E-state index is 15.0. The molecule has 4 aromatic rings. The molecule has 12 heteroatoms. The average molecular weight is 529 g/mol. The molecule has 0 aliphatic carbocycles. The smallest absolute Gasteiger partial charge is 0.350 e. The van der Waals surface area contributed by atoms with Crippen molar-refractivity contribution >= 4 is 5.82 Å². The minimum atomic E-state index is -0.869. The first-order valence-corrected chi connectivity index (χ1v) is 11.8. The van der Waals surface area contributed by atoms with E-state index in [2.05, 4.69) is 15.0 Å². The van der Waals surface area contributed by atoms with Crippen molar-refractivity contribution in [3.8, 4) is 17.2 Å². The van der Waals surface area contributed by atoms with Gasteiger partial charge in [-0.25, -0.2) is 27.3 Å². The minimum absolute atomic E-state index is 0.0487. The van der Waals surface area contributed by atoms with Gasteiger partial charge in [-0.3, -0.25) is 4.57 Å². The molecule has 0 unspecified atom stereocenters. The summed E-state index contributed by atoms with van der Waals surface area (Å²) in [6.07, 6.45) is 2.12. The summed E-state index contributed by atoms with van der Waals surface area (Å²) in [6.45, 7) is 2.35. The molecule has 0 N–H and O–H groups in total. The number of halogens is 4. The van der Waals surface area contributed by atoms with Gasteiger partial charge in [0.15, 0.2) is 23.1 Å². The number of rotatable bonds is 7. The third-order valence-electron chi connectivity index (χ3n) is 6.70. The summed E-state index contributed by atoms with van der Waals surface area (Å²) in [5, 5.41) is 3.92. The number of aromatic nitrogens is 4. The lowest BCUT2D eigenvalue weighted by Gasteiger charge is -2.50. The molecular formula is C26H24F4N6O2. The Morgan fingerprint density at radius 3 is 2.39 bits per heavy atom. The first-order valence-electron chi connectivity index (χ1n) is 11.8. The Morgan fingerprint density at radius 1 is 1.00 bits per heavy atom. The van der Waals surface area contributed by atoms with E-state index in [0.29, 0.717) is 18.4 Å². The van der Waals surface area contributed by atoms with Crippen molar-refractivity contribution in [3.63, 3.8) is 0 Å². The summed E-state index contributed by atoms with van der Waals surface area (Å²) in [7, 11) is 3.97. The predicted molar refractivity (Wildman–Crippen MR) is 132 cm³/mol. The van der Waals surface area contributed by atoms with Crippen molar-refractivity contribution < 1.29 is 22.3 Å². The molecule has 2 atom stereocenters. The lowest BCUT2D eigenvalue weighted by atomic mass is 9.97. The molecule has 2 aromatic carbocycles. The van der Waals surface area contributed by atoms with Crippen LogP contribution in [0, 0.1) is 23.3 Å². The van der Waals surface area contributed by atoms with Gasteiger partial charge in [0.25, 0.3) is 0 Å². The number of pyridine rings is 1. The zero-order valence-electron chi connectivity index (χ0n) is 20.8. The van der Waals surface area contributed by atoms with Gasteiger partial charge in [-0.05, 0) is 45.3 Å². The van der Waals surface area contributed by atoms with Crippen LogP contribution in [0.25, 0.3) is 5.69 Å². The third kappa shape index (κ3) is 4.62. The molecule has 1 aliphatic rings. The first kappa shape index (κ1) is 25.5. The largest absolute Gasteiger partial charge is 0.451 e. The second kappa shape index (κ2) is 9.93. The Balaban J connectivity index is 1.36. The molecule has 198 valence electrons. The van der Waals surface area contributed by atoms with Gasteiger partial charge in [0.1, 0.15) is 23.8 Å². The van der Waals surface area contributed by atoms with E-state index in [1.165, 1.54) is 24.3 Å². The fraction of sp³-hybridized carbons (Fsp3) is 0.269. The highest BCUT2D eigenvalue weighted by Crippen LogP contribution is 2.33. The molecule has 8 nitrogen and oxygen atoms in total. The number of nitrogens with zero attached hydrogens (tertiary/aromatic N) is 6. The van der Waals surface area contributed by atoms with Crippen molar-refractivity contribution in [3.05, 3.63) is 94.3 Å². The molecule has 1 aliphatic heterocycles. The van der Waals surface area contributed by atoms with Crippen molar-refractivity contribution in [2.75, 3.05) is 25.5 Å². The number of anilines is 1. The van der Waals surface area contributed by atoms with Crippen LogP contribution in [0.5, 0.6) is 11.5 Å². The van der Waals surface area contributed by atoms with E-state index >= 15 is 0 Å². The Morgan fingerprint density at radius 2 is 1.74 bits per heavy atom. The van der Waals surface area contributed by atoms with Crippen LogP contribution in [0.4, 0.5) is 23.4 Å². The summed E-state index contributed by atoms with van der Waals surface area (Å²) in [6, 6.07) is 8.88. The molecule has 0 bridgehead atoms. The fourth-order valence-electron chi connectivity index (χ4n) is 4.43. The second-order valence-corrected chi connectivity index (χ2v) is 9.27. The molecular weight excluding hydrogens is 504 g/mol. The predicted octanol–water partition coefficient (Wildman–Crippen LogP) is 3.96. The number of benzene rings is 2. The van der Waals surface area contributed by atoms with Gasteiger partial charge in [-0.1, -0.05) is 6.07 Å². The third-order valence-corrected chi connectivity index (χ3v) is 6.70. The van der Waals surface area contributed by atoms with Gasteiger partial charge in [0.05, 0.1) is 18.4 Å². The van der Waals surface area contributed by atoms with Crippen molar-refractivity contribution in [2.24, 2.45) is 0 Å². The maximum Gasteiger partial charge on any atom is 0.350 e. The summed E-state index contributed by atoms with van der Waals surface area (Å²) in [5.41, 5.74) is -0.981. The topological polar surface area (TPSA) is 68.4 Å². The van der Waals surface area contributed by atoms with Gasteiger partial charge in [0, 0.05) is 36.3 Å². The zero-order chi connectivity index (χ0) is 27.1. The van der Waals surface area contributed by atoms with Gasteiger partial charge >= 0.3 is 5.69 Å². The Labute approximate surface area is 215 Å². The van der Waals surface area contributed by atoms with Gasteiger partial charge in [-0.2, -0.15) is 9.78 Å². The number of hydrogen-bond acceptors (Lipinski definition) is 6. The molecule has 0 spiro atoms. The van der Waals surface area contributed by atoms with Gasteiger partial charge in [-0.15, -0.1) is 0 Å². The molecule has 5 rings (SSSR count). The molecule has 1 fully saturated rings. The molecule has 3 heterocycles. The summed E-state index contributed by atoms with van der Waals surface area (Å²) in [4.78, 5) is 21.0. The Kier molecular flexibility index (Phi) is 6.66. The zero-order valence-corrected chi connectivity index (χ0v) is 20.8. The molecule has 38 heavy (non-hydrogen) atoms. The highest BCUT2D eigenvalue weighted by Gasteiger charge is 2.37. The number of ether oxygens (including phenoxy) is 1. The van der Waals surface area contributed by atoms with E-state index in [-0.39, 0.29) is 28.8 Å². The van der Waals surface area contributed by atoms with Crippen LogP contribution in [-0.4, -0.2) is 57.0 Å². The maximum atomic E-state index is 15.0. The standard InChI is InChI=1S/C26H24F4N6O2/c1-15-22(33(2)3)13-35(15)25-10-24(21(30)11-31-25)38-23-8-7-16(9-20(23)29)36-26(37)34(14-32-36)12-17-18(27)5-4-6-19(17)28/h4-11,14-15,22H,12-13H2,1-3H3/t15-,22-/m0/s1. The van der Waals surface area contributed by atoms with Crippen LogP contribution in [-0.2, 0) is 6.54 Å². The summed E-state index contributed by atoms with van der Waals surface area (Å²) < 4.78 is 64.8. The van der Waals surface area contributed by atoms with E-state index in [0.717, 1.165) is 40.0 Å². The Bertz CT molecular complexity index is 1530. The Hall–Kier alpha value is -4.19. The lowest BCUT2D eigenvalue weighted by molar-refractivity contribution is 0.194. The lowest BCUT2D eigenvalue weighted by Crippen LogP contribution is -2.64. The van der Waals surface area contributed by atoms with Gasteiger partial charge < -0.3 is 14.5 Å². The monoisotopic (exact) mass is 528 g/mol. The van der Waals surface area contributed by atoms with E-state index < -0.39 is 35.5 Å². The van der Waals surface area contributed by atoms with Crippen LogP contribution >= 0.6 is 0 Å². The average Bonchev–Trinajstić information content (AvgIpc) is 3.23. The SMILES string of the molecule is C[C@H]1[C@@H](N(C)C)CN1c1cc(Oc2ccc(-n3ncn(Cc4c(F)cccc4F)c3=O)cc2F)c(F)cn1. The van der Waals surface area contributed by atoms with E-state index in [1.54, 1.807) is 0 Å². The van der Waals surface area contributed by atoms with E-state index in [9.17, 15) is 22.4 Å². The molecule has 2 aromatic heterocycles. The normalized spacial score (nSPS) is 17.1. The second-order valence-electron chi connectivity index (χ2n) is 9.27. The van der Waals surface area contributed by atoms with Crippen molar-refractivity contribution in [1.29, 1.82) is 0 Å². The molecule has 1 saturated heterocycles. The number of hydrogen-bond donors (Lipinski definition) is 0. The summed E-state index contributed by atoms with van der Waals surface area (Å²) in [5.74, 6) is -3.19. The molecule has 0 amide bonds. The van der Waals surface area contributed by atoms with E-state index in [1.807, 2.05) is 25.9 Å². The fourth-order valence-corrected chi connectivity index (χ4v) is 4.43. The van der Waals surface area contributed by atoms with Crippen LogP contribution in [0.3, 0.4) is 0 Å². The van der Waals surface area contributed by atoms with Crippen LogP contribution in [0.15, 0.2) is 59.8 Å². The first-order chi connectivity index (χ1) is 18.1. The quantitative estimate of drug-likeness (QED) is 0.339. The highest BCUT2D eigenvalue weighted by molar-refractivity contribution is 5.50. The van der Waals surface area contributed by atoms with Crippen molar-refractivity contribution in [2.45, 2.75) is 25.6 Å².